The van der Waals surface area contributed by atoms with Crippen LogP contribution in [-0.4, -0.2) is 42.3 Å². The zero-order valence-corrected chi connectivity index (χ0v) is 20.2. The largest absolute Gasteiger partial charge is 0.497 e. The molecule has 0 saturated heterocycles. The lowest BCUT2D eigenvalue weighted by Gasteiger charge is -2.11. The molecule has 0 unspecified atom stereocenters. The molecule has 10 nitrogen and oxygen atoms in total. The number of nitrogens with one attached hydrogen (secondary N) is 1. The minimum atomic E-state index is -3.93. The third-order valence-electron chi connectivity index (χ3n) is 5.20. The molecule has 1 heterocycles. The first-order valence-electron chi connectivity index (χ1n) is 10.7. The highest BCUT2D eigenvalue weighted by atomic mass is 32.2. The molecule has 0 atom stereocenters. The number of hydrogen-bond donors (Lipinski definition) is 3. The van der Waals surface area contributed by atoms with Crippen LogP contribution in [0.25, 0.3) is 16.8 Å². The quantitative estimate of drug-likeness (QED) is 0.333. The SMILES string of the molecule is COc1ccc(-n2nc(C#CC(=O)O)cc2C(=O)Nc2ccc(-c3ccccc3S(N)(=O)=O)cc2)cc1. The number of ether oxygens (including phenoxy) is 1. The van der Waals surface area contributed by atoms with Gasteiger partial charge in [0.05, 0.1) is 17.7 Å². The van der Waals surface area contributed by atoms with Crippen LogP contribution in [0.2, 0.25) is 0 Å². The highest BCUT2D eigenvalue weighted by Gasteiger charge is 2.18. The molecule has 0 aliphatic heterocycles. The second-order valence-corrected chi connectivity index (χ2v) is 9.18. The standard InChI is InChI=1S/C26H20N4O6S/c1-36-21-13-11-20(12-14-21)30-23(16-19(29-30)10-15-25(31)32)26(33)28-18-8-6-17(7-9-18)22-4-2-3-5-24(22)37(27,34)35/h2-9,11-14,16H,1H3,(H,28,33)(H,31,32)(H2,27,34,35). The number of anilines is 1. The predicted molar refractivity (Wildman–Crippen MR) is 136 cm³/mol. The highest BCUT2D eigenvalue weighted by Crippen LogP contribution is 2.28. The Labute approximate surface area is 212 Å². The Hall–Kier alpha value is -4.92. The summed E-state index contributed by atoms with van der Waals surface area (Å²) in [5.74, 6) is 3.16. The number of sulfonamides is 1. The number of nitrogens with zero attached hydrogens (tertiary/aromatic N) is 2. The van der Waals surface area contributed by atoms with Crippen LogP contribution in [0.5, 0.6) is 5.75 Å². The van der Waals surface area contributed by atoms with Crippen LogP contribution in [0, 0.1) is 11.8 Å². The van der Waals surface area contributed by atoms with Crippen LogP contribution >= 0.6 is 0 Å². The lowest BCUT2D eigenvalue weighted by molar-refractivity contribution is -0.130. The Kier molecular flexibility index (Phi) is 7.06. The summed E-state index contributed by atoms with van der Waals surface area (Å²) in [6.45, 7) is 0. The molecule has 0 fully saturated rings. The van der Waals surface area contributed by atoms with Crippen LogP contribution in [0.3, 0.4) is 0 Å². The fourth-order valence-corrected chi connectivity index (χ4v) is 4.28. The molecule has 1 amide bonds. The van der Waals surface area contributed by atoms with Crippen molar-refractivity contribution >= 4 is 27.6 Å². The minimum absolute atomic E-state index is 0.00909. The van der Waals surface area contributed by atoms with Gasteiger partial charge in [-0.05, 0) is 53.9 Å². The molecule has 0 spiro atoms. The molecule has 0 bridgehead atoms. The van der Waals surface area contributed by atoms with Crippen LogP contribution in [0.1, 0.15) is 16.2 Å². The topological polar surface area (TPSA) is 154 Å². The first-order chi connectivity index (χ1) is 17.7. The van der Waals surface area contributed by atoms with Gasteiger partial charge in [-0.2, -0.15) is 5.10 Å². The van der Waals surface area contributed by atoms with Crippen LogP contribution in [0.4, 0.5) is 5.69 Å². The van der Waals surface area contributed by atoms with Gasteiger partial charge < -0.3 is 15.2 Å². The van der Waals surface area contributed by atoms with Crippen molar-refractivity contribution in [3.05, 3.63) is 90.3 Å². The summed E-state index contributed by atoms with van der Waals surface area (Å²) in [5.41, 5.74) is 2.20. The molecular weight excluding hydrogens is 496 g/mol. The summed E-state index contributed by atoms with van der Waals surface area (Å²) in [7, 11) is -2.40. The molecule has 186 valence electrons. The number of methoxy groups -OCH3 is 1. The Morgan fingerprint density at radius 3 is 2.32 bits per heavy atom. The molecule has 4 N–H and O–H groups in total. The number of nitrogens with two attached hydrogens (primary N) is 1. The number of aliphatic carboxylic acids is 1. The van der Waals surface area contributed by atoms with Gasteiger partial charge in [0.1, 0.15) is 17.1 Å². The Morgan fingerprint density at radius 1 is 1.03 bits per heavy atom. The lowest BCUT2D eigenvalue weighted by Crippen LogP contribution is -2.17. The number of aromatic nitrogens is 2. The van der Waals surface area contributed by atoms with Gasteiger partial charge >= 0.3 is 5.97 Å². The Morgan fingerprint density at radius 2 is 1.70 bits per heavy atom. The molecule has 0 radical (unpaired) electrons. The van der Waals surface area contributed by atoms with Crippen LogP contribution < -0.4 is 15.2 Å². The van der Waals surface area contributed by atoms with E-state index >= 15 is 0 Å². The number of rotatable bonds is 6. The van der Waals surface area contributed by atoms with E-state index in [1.165, 1.54) is 23.9 Å². The van der Waals surface area contributed by atoms with E-state index in [-0.39, 0.29) is 16.3 Å². The van der Waals surface area contributed by atoms with Gasteiger partial charge in [-0.15, -0.1) is 0 Å². The first-order valence-corrected chi connectivity index (χ1v) is 12.2. The molecule has 0 aliphatic carbocycles. The van der Waals surface area contributed by atoms with Crippen molar-refractivity contribution in [2.24, 2.45) is 5.14 Å². The summed E-state index contributed by atoms with van der Waals surface area (Å²) in [6, 6.07) is 21.0. The number of amides is 1. The number of carbonyl (C=O) groups excluding carboxylic acids is 1. The number of primary sulfonamides is 1. The molecule has 0 aliphatic rings. The lowest BCUT2D eigenvalue weighted by atomic mass is 10.1. The van der Waals surface area contributed by atoms with Crippen molar-refractivity contribution in [2.45, 2.75) is 4.90 Å². The normalized spacial score (nSPS) is 10.8. The number of carboxylic acids is 1. The third-order valence-corrected chi connectivity index (χ3v) is 6.17. The van der Waals surface area contributed by atoms with Gasteiger partial charge in [0.15, 0.2) is 0 Å². The second kappa shape index (κ2) is 10.4. The number of carbonyl (C=O) groups is 2. The molecule has 4 rings (SSSR count). The summed E-state index contributed by atoms with van der Waals surface area (Å²) in [6.07, 6.45) is 0. The molecule has 4 aromatic rings. The van der Waals surface area contributed by atoms with Crippen molar-refractivity contribution < 1.29 is 27.9 Å². The van der Waals surface area contributed by atoms with E-state index in [9.17, 15) is 18.0 Å². The summed E-state index contributed by atoms with van der Waals surface area (Å²) in [4.78, 5) is 24.0. The Balaban J connectivity index is 1.64. The zero-order chi connectivity index (χ0) is 26.6. The monoisotopic (exact) mass is 516 g/mol. The summed E-state index contributed by atoms with van der Waals surface area (Å²) in [5, 5.41) is 21.2. The van der Waals surface area contributed by atoms with E-state index < -0.39 is 21.9 Å². The van der Waals surface area contributed by atoms with Crippen LogP contribution in [-0.2, 0) is 14.8 Å². The van der Waals surface area contributed by atoms with Crippen molar-refractivity contribution in [3.8, 4) is 34.4 Å². The van der Waals surface area contributed by atoms with E-state index in [0.717, 1.165) is 0 Å². The smallest absolute Gasteiger partial charge is 0.382 e. The molecule has 0 saturated carbocycles. The van der Waals surface area contributed by atoms with Gasteiger partial charge in [0, 0.05) is 23.2 Å². The average molecular weight is 517 g/mol. The van der Waals surface area contributed by atoms with E-state index in [0.29, 0.717) is 28.3 Å². The average Bonchev–Trinajstić information content (AvgIpc) is 3.32. The van der Waals surface area contributed by atoms with E-state index in [4.69, 9.17) is 15.0 Å². The highest BCUT2D eigenvalue weighted by molar-refractivity contribution is 7.89. The van der Waals surface area contributed by atoms with Crippen molar-refractivity contribution in [2.75, 3.05) is 12.4 Å². The van der Waals surface area contributed by atoms with E-state index in [1.807, 2.05) is 5.92 Å². The maximum Gasteiger partial charge on any atom is 0.382 e. The maximum absolute atomic E-state index is 13.2. The second-order valence-electron chi connectivity index (χ2n) is 7.65. The van der Waals surface area contributed by atoms with Crippen molar-refractivity contribution in [3.63, 3.8) is 0 Å². The third kappa shape index (κ3) is 5.84. The van der Waals surface area contributed by atoms with Crippen LogP contribution in [0.15, 0.2) is 83.8 Å². The molecule has 1 aromatic heterocycles. The molecular formula is C26H20N4O6S. The van der Waals surface area contributed by atoms with Crippen molar-refractivity contribution in [1.82, 2.24) is 9.78 Å². The maximum atomic E-state index is 13.2. The fraction of sp³-hybridized carbons (Fsp3) is 0.0385. The van der Waals surface area contributed by atoms with Gasteiger partial charge in [0.2, 0.25) is 10.0 Å². The molecule has 37 heavy (non-hydrogen) atoms. The number of hydrogen-bond acceptors (Lipinski definition) is 6. The Bertz CT molecular complexity index is 1650. The predicted octanol–water partition coefficient (Wildman–Crippen LogP) is 2.88. The zero-order valence-electron chi connectivity index (χ0n) is 19.4. The van der Waals surface area contributed by atoms with E-state index in [1.54, 1.807) is 66.7 Å². The van der Waals surface area contributed by atoms with E-state index in [2.05, 4.69) is 16.3 Å². The minimum Gasteiger partial charge on any atom is -0.497 e. The number of benzene rings is 3. The molecule has 3 aromatic carbocycles. The molecule has 11 heteroatoms. The summed E-state index contributed by atoms with van der Waals surface area (Å²) >= 11 is 0. The van der Waals surface area contributed by atoms with Gasteiger partial charge in [-0.1, -0.05) is 30.3 Å². The first kappa shape index (κ1) is 25.2. The van der Waals surface area contributed by atoms with Gasteiger partial charge in [-0.25, -0.2) is 23.0 Å². The summed E-state index contributed by atoms with van der Waals surface area (Å²) < 4.78 is 30.4. The van der Waals surface area contributed by atoms with Gasteiger partial charge in [-0.3, -0.25) is 4.79 Å². The fourth-order valence-electron chi connectivity index (χ4n) is 3.52. The number of carboxylic acid groups (broad SMARTS) is 1. The van der Waals surface area contributed by atoms with Gasteiger partial charge in [0.25, 0.3) is 5.91 Å². The van der Waals surface area contributed by atoms with Crippen molar-refractivity contribution in [1.29, 1.82) is 0 Å².